The molecule has 0 aliphatic carbocycles. The van der Waals surface area contributed by atoms with Crippen LogP contribution in [0.5, 0.6) is 0 Å². The maximum absolute atomic E-state index is 12.7. The lowest BCUT2D eigenvalue weighted by atomic mass is 10.1. The van der Waals surface area contributed by atoms with Gasteiger partial charge in [0.15, 0.2) is 0 Å². The molecule has 6 heteroatoms. The van der Waals surface area contributed by atoms with Gasteiger partial charge in [0.2, 0.25) is 10.0 Å². The summed E-state index contributed by atoms with van der Waals surface area (Å²) in [5, 5.41) is 0. The van der Waals surface area contributed by atoms with E-state index < -0.39 is 10.0 Å². The lowest BCUT2D eigenvalue weighted by molar-refractivity contribution is 0.0947. The highest BCUT2D eigenvalue weighted by molar-refractivity contribution is 7.89. The summed E-state index contributed by atoms with van der Waals surface area (Å²) in [6.45, 7) is 5.40. The molecule has 1 unspecified atom stereocenters. The molecule has 0 radical (unpaired) electrons. The summed E-state index contributed by atoms with van der Waals surface area (Å²) in [5.41, 5.74) is 7.43. The van der Waals surface area contributed by atoms with E-state index in [1.807, 2.05) is 13.8 Å². The number of likely N-dealkylation sites (N-methyl/N-ethyl adjacent to an activating group) is 1. The number of benzene rings is 1. The van der Waals surface area contributed by atoms with Gasteiger partial charge in [-0.05, 0) is 37.0 Å². The summed E-state index contributed by atoms with van der Waals surface area (Å²) in [6.07, 6.45) is 2.72. The number of nitrogens with zero attached hydrogens (tertiary/aromatic N) is 1. The third-order valence-corrected chi connectivity index (χ3v) is 5.86. The number of aryl methyl sites for hydroxylation is 1. The second-order valence-corrected chi connectivity index (χ2v) is 7.24. The van der Waals surface area contributed by atoms with Gasteiger partial charge in [0.25, 0.3) is 0 Å². The van der Waals surface area contributed by atoms with E-state index in [4.69, 9.17) is 10.5 Å². The van der Waals surface area contributed by atoms with E-state index in [1.165, 1.54) is 4.31 Å². The number of nitrogens with two attached hydrogens (primary N) is 1. The van der Waals surface area contributed by atoms with Crippen molar-refractivity contribution in [3.05, 3.63) is 23.8 Å². The monoisotopic (exact) mass is 312 g/mol. The average Bonchev–Trinajstić information content (AvgIpc) is 2.97. The van der Waals surface area contributed by atoms with Crippen molar-refractivity contribution in [1.29, 1.82) is 0 Å². The molecule has 1 heterocycles. The summed E-state index contributed by atoms with van der Waals surface area (Å²) in [6, 6.07) is 5.00. The third-order valence-electron chi connectivity index (χ3n) is 3.92. The van der Waals surface area contributed by atoms with Crippen LogP contribution in [0, 0.1) is 0 Å². The summed E-state index contributed by atoms with van der Waals surface area (Å²) in [5.74, 6) is 0. The molecule has 0 bridgehead atoms. The van der Waals surface area contributed by atoms with Crippen molar-refractivity contribution in [3.8, 4) is 0 Å². The first-order valence-electron chi connectivity index (χ1n) is 7.49. The van der Waals surface area contributed by atoms with E-state index in [0.717, 1.165) is 31.4 Å². The largest absolute Gasteiger partial charge is 0.398 e. The minimum atomic E-state index is -3.51. The fraction of sp³-hybridized carbons (Fsp3) is 0.600. The van der Waals surface area contributed by atoms with Gasteiger partial charge < -0.3 is 10.5 Å². The maximum atomic E-state index is 12.7. The van der Waals surface area contributed by atoms with Gasteiger partial charge in [0.1, 0.15) is 0 Å². The van der Waals surface area contributed by atoms with Crippen molar-refractivity contribution < 1.29 is 13.2 Å². The number of hydrogen-bond donors (Lipinski definition) is 1. The Morgan fingerprint density at radius 3 is 2.67 bits per heavy atom. The van der Waals surface area contributed by atoms with Crippen LogP contribution in [0.4, 0.5) is 5.69 Å². The molecule has 0 aromatic heterocycles. The maximum Gasteiger partial charge on any atom is 0.243 e. The van der Waals surface area contributed by atoms with Crippen molar-refractivity contribution in [3.63, 3.8) is 0 Å². The molecule has 1 fully saturated rings. The summed E-state index contributed by atoms with van der Waals surface area (Å²) in [7, 11) is -3.51. The lowest BCUT2D eigenvalue weighted by Crippen LogP contribution is -2.37. The molecular formula is C15H24N2O3S. The Morgan fingerprint density at radius 1 is 1.38 bits per heavy atom. The van der Waals surface area contributed by atoms with Crippen molar-refractivity contribution in [2.45, 2.75) is 44.1 Å². The summed E-state index contributed by atoms with van der Waals surface area (Å²) in [4.78, 5) is 0.261. The predicted octanol–water partition coefficient (Wildman–Crippen LogP) is 2.02. The number of ether oxygens (including phenoxy) is 1. The molecule has 1 aliphatic heterocycles. The number of rotatable bonds is 6. The van der Waals surface area contributed by atoms with Crippen LogP contribution in [0.1, 0.15) is 32.3 Å². The van der Waals surface area contributed by atoms with Crippen molar-refractivity contribution in [1.82, 2.24) is 4.31 Å². The van der Waals surface area contributed by atoms with Gasteiger partial charge in [0, 0.05) is 25.4 Å². The van der Waals surface area contributed by atoms with E-state index in [9.17, 15) is 8.42 Å². The molecule has 0 spiro atoms. The SMILES string of the molecule is CCc1ccc(S(=O)(=O)N(CC)CC2CCCO2)cc1N. The van der Waals surface area contributed by atoms with Crippen LogP contribution >= 0.6 is 0 Å². The fourth-order valence-corrected chi connectivity index (χ4v) is 4.13. The number of anilines is 1. The number of sulfonamides is 1. The molecule has 1 aliphatic rings. The second kappa shape index (κ2) is 6.77. The first kappa shape index (κ1) is 16.3. The molecule has 21 heavy (non-hydrogen) atoms. The minimum Gasteiger partial charge on any atom is -0.398 e. The molecule has 0 amide bonds. The molecular weight excluding hydrogens is 288 g/mol. The first-order chi connectivity index (χ1) is 9.98. The molecule has 0 saturated carbocycles. The molecule has 1 saturated heterocycles. The zero-order chi connectivity index (χ0) is 15.5. The van der Waals surface area contributed by atoms with E-state index >= 15 is 0 Å². The predicted molar refractivity (Wildman–Crippen MR) is 83.6 cm³/mol. The first-order valence-corrected chi connectivity index (χ1v) is 8.93. The minimum absolute atomic E-state index is 0.00647. The lowest BCUT2D eigenvalue weighted by Gasteiger charge is -2.23. The van der Waals surface area contributed by atoms with Crippen molar-refractivity contribution >= 4 is 15.7 Å². The molecule has 1 aromatic carbocycles. The Balaban J connectivity index is 2.23. The Bertz CT molecular complexity index is 581. The Kier molecular flexibility index (Phi) is 5.24. The van der Waals surface area contributed by atoms with Crippen LogP contribution in [0.2, 0.25) is 0 Å². The van der Waals surface area contributed by atoms with E-state index in [2.05, 4.69) is 0 Å². The number of hydrogen-bond acceptors (Lipinski definition) is 4. The fourth-order valence-electron chi connectivity index (χ4n) is 2.62. The quantitative estimate of drug-likeness (QED) is 0.816. The standard InChI is InChI=1S/C15H24N2O3S/c1-3-12-7-8-14(10-15(12)16)21(18,19)17(4-2)11-13-6-5-9-20-13/h7-8,10,13H,3-6,9,11,16H2,1-2H3. The van der Waals surface area contributed by atoms with Gasteiger partial charge in [-0.2, -0.15) is 4.31 Å². The van der Waals surface area contributed by atoms with E-state index in [0.29, 0.717) is 18.8 Å². The van der Waals surface area contributed by atoms with Gasteiger partial charge in [-0.15, -0.1) is 0 Å². The van der Waals surface area contributed by atoms with Gasteiger partial charge in [-0.1, -0.05) is 19.9 Å². The number of nitrogen functional groups attached to an aromatic ring is 1. The third kappa shape index (κ3) is 3.56. The molecule has 1 atom stereocenters. The second-order valence-electron chi connectivity index (χ2n) is 5.30. The Labute approximate surface area is 127 Å². The topological polar surface area (TPSA) is 72.6 Å². The molecule has 2 N–H and O–H groups in total. The van der Waals surface area contributed by atoms with Crippen molar-refractivity contribution in [2.75, 3.05) is 25.4 Å². The average molecular weight is 312 g/mol. The van der Waals surface area contributed by atoms with Gasteiger partial charge in [0.05, 0.1) is 11.0 Å². The highest BCUT2D eigenvalue weighted by atomic mass is 32.2. The summed E-state index contributed by atoms with van der Waals surface area (Å²) < 4.78 is 32.5. The van der Waals surface area contributed by atoms with Crippen LogP contribution in [0.15, 0.2) is 23.1 Å². The Morgan fingerprint density at radius 2 is 2.14 bits per heavy atom. The van der Waals surface area contributed by atoms with Crippen LogP contribution in [-0.4, -0.2) is 38.5 Å². The highest BCUT2D eigenvalue weighted by Crippen LogP contribution is 2.23. The molecule has 1 aromatic rings. The Hall–Kier alpha value is -1.11. The molecule has 5 nitrogen and oxygen atoms in total. The van der Waals surface area contributed by atoms with Crippen LogP contribution < -0.4 is 5.73 Å². The highest BCUT2D eigenvalue weighted by Gasteiger charge is 2.28. The summed E-state index contributed by atoms with van der Waals surface area (Å²) >= 11 is 0. The van der Waals surface area contributed by atoms with E-state index in [-0.39, 0.29) is 11.0 Å². The normalized spacial score (nSPS) is 19.3. The molecule has 2 rings (SSSR count). The van der Waals surface area contributed by atoms with Gasteiger partial charge in [-0.25, -0.2) is 8.42 Å². The zero-order valence-electron chi connectivity index (χ0n) is 12.7. The van der Waals surface area contributed by atoms with Crippen LogP contribution in [-0.2, 0) is 21.2 Å². The van der Waals surface area contributed by atoms with Gasteiger partial charge in [-0.3, -0.25) is 0 Å². The van der Waals surface area contributed by atoms with Crippen LogP contribution in [0.25, 0.3) is 0 Å². The van der Waals surface area contributed by atoms with Crippen molar-refractivity contribution in [2.24, 2.45) is 0 Å². The smallest absolute Gasteiger partial charge is 0.243 e. The van der Waals surface area contributed by atoms with Gasteiger partial charge >= 0.3 is 0 Å². The van der Waals surface area contributed by atoms with Crippen LogP contribution in [0.3, 0.4) is 0 Å². The zero-order valence-corrected chi connectivity index (χ0v) is 13.5. The van der Waals surface area contributed by atoms with E-state index in [1.54, 1.807) is 18.2 Å². The molecule has 118 valence electrons.